The number of hydrogen-bond acceptors (Lipinski definition) is 2. The molecule has 0 bridgehead atoms. The Hall–Kier alpha value is -1.64. The van der Waals surface area contributed by atoms with Gasteiger partial charge in [-0.25, -0.2) is 0 Å². The van der Waals surface area contributed by atoms with Crippen LogP contribution < -0.4 is 0 Å². The van der Waals surface area contributed by atoms with Gasteiger partial charge in [-0.05, 0) is 19.8 Å². The van der Waals surface area contributed by atoms with Crippen LogP contribution in [0.1, 0.15) is 41.6 Å². The fourth-order valence-corrected chi connectivity index (χ4v) is 2.67. The van der Waals surface area contributed by atoms with Crippen molar-refractivity contribution in [2.75, 3.05) is 0 Å². The highest BCUT2D eigenvalue weighted by atomic mass is 16.4. The van der Waals surface area contributed by atoms with E-state index in [0.29, 0.717) is 18.4 Å². The summed E-state index contributed by atoms with van der Waals surface area (Å²) in [6, 6.07) is 7.38. The molecule has 1 aliphatic carbocycles. The number of hydrogen-bond donors (Lipinski definition) is 1. The minimum Gasteiger partial charge on any atom is -0.481 e. The van der Waals surface area contributed by atoms with Crippen LogP contribution in [0, 0.1) is 18.8 Å². The number of carboxylic acids is 1. The predicted octanol–water partition coefficient (Wildman–Crippen LogP) is 3.07. The lowest BCUT2D eigenvalue weighted by molar-refractivity contribution is -0.144. The molecule has 1 aliphatic rings. The molecule has 1 fully saturated rings. The fourth-order valence-electron chi connectivity index (χ4n) is 2.67. The van der Waals surface area contributed by atoms with E-state index in [1.54, 1.807) is 12.1 Å². The lowest BCUT2D eigenvalue weighted by atomic mass is 9.75. The van der Waals surface area contributed by atoms with Crippen LogP contribution in [0.5, 0.6) is 0 Å². The van der Waals surface area contributed by atoms with Crippen molar-refractivity contribution in [3.63, 3.8) is 0 Å². The summed E-state index contributed by atoms with van der Waals surface area (Å²) >= 11 is 0. The van der Waals surface area contributed by atoms with Crippen molar-refractivity contribution in [3.05, 3.63) is 35.4 Å². The normalized spacial score (nSPS) is 23.6. The summed E-state index contributed by atoms with van der Waals surface area (Å²) in [6.07, 6.45) is 3.18. The van der Waals surface area contributed by atoms with Crippen LogP contribution >= 0.6 is 0 Å². The second kappa shape index (κ2) is 5.34. The molecule has 96 valence electrons. The number of rotatable bonds is 3. The second-order valence-electron chi connectivity index (χ2n) is 5.07. The average Bonchev–Trinajstić information content (AvgIpc) is 2.39. The second-order valence-corrected chi connectivity index (χ2v) is 5.07. The summed E-state index contributed by atoms with van der Waals surface area (Å²) < 4.78 is 0. The molecule has 0 aromatic heterocycles. The van der Waals surface area contributed by atoms with Crippen molar-refractivity contribution < 1.29 is 14.7 Å². The molecule has 0 saturated heterocycles. The quantitative estimate of drug-likeness (QED) is 0.834. The standard InChI is InChI=1S/C15H18O3/c1-10-6-8-11(9-7-10)14(16)12-4-2-3-5-13(12)15(17)18/h6-9,12-13H,2-5H2,1H3,(H,17,18)/t12-,13-/m0/s1. The lowest BCUT2D eigenvalue weighted by Crippen LogP contribution is -2.32. The molecule has 0 radical (unpaired) electrons. The molecule has 1 saturated carbocycles. The molecule has 0 unspecified atom stereocenters. The largest absolute Gasteiger partial charge is 0.481 e. The first-order valence-corrected chi connectivity index (χ1v) is 6.43. The summed E-state index contributed by atoms with van der Waals surface area (Å²) in [7, 11) is 0. The minimum atomic E-state index is -0.833. The van der Waals surface area contributed by atoms with E-state index in [0.717, 1.165) is 18.4 Å². The van der Waals surface area contributed by atoms with Crippen LogP contribution in [0.4, 0.5) is 0 Å². The Morgan fingerprint density at radius 3 is 2.17 bits per heavy atom. The predicted molar refractivity (Wildman–Crippen MR) is 68.6 cm³/mol. The Balaban J connectivity index is 2.20. The summed E-state index contributed by atoms with van der Waals surface area (Å²) in [5.74, 6) is -1.70. The zero-order valence-electron chi connectivity index (χ0n) is 10.6. The van der Waals surface area contributed by atoms with Crippen LogP contribution in [0.15, 0.2) is 24.3 Å². The number of carbonyl (C=O) groups excluding carboxylic acids is 1. The van der Waals surface area contributed by atoms with E-state index in [1.165, 1.54) is 0 Å². The number of carbonyl (C=O) groups is 2. The maximum Gasteiger partial charge on any atom is 0.307 e. The lowest BCUT2D eigenvalue weighted by Gasteiger charge is -2.27. The zero-order valence-corrected chi connectivity index (χ0v) is 10.6. The van der Waals surface area contributed by atoms with Crippen LogP contribution in [0.3, 0.4) is 0 Å². The Bertz CT molecular complexity index is 447. The third-order valence-electron chi connectivity index (χ3n) is 3.76. The van der Waals surface area contributed by atoms with Gasteiger partial charge in [-0.15, -0.1) is 0 Å². The van der Waals surface area contributed by atoms with Gasteiger partial charge in [0.05, 0.1) is 5.92 Å². The topological polar surface area (TPSA) is 54.4 Å². The molecule has 0 amide bonds. The minimum absolute atomic E-state index is 0.0119. The highest BCUT2D eigenvalue weighted by molar-refractivity contribution is 6.00. The van der Waals surface area contributed by atoms with E-state index in [-0.39, 0.29) is 11.7 Å². The first kappa shape index (κ1) is 12.8. The molecule has 0 heterocycles. The van der Waals surface area contributed by atoms with Crippen molar-refractivity contribution in [1.82, 2.24) is 0 Å². The summed E-state index contributed by atoms with van der Waals surface area (Å²) in [5.41, 5.74) is 1.74. The molecule has 3 heteroatoms. The molecule has 0 aliphatic heterocycles. The molecule has 0 spiro atoms. The Kier molecular flexibility index (Phi) is 3.80. The molecule has 1 aromatic rings. The van der Waals surface area contributed by atoms with Gasteiger partial charge in [0, 0.05) is 11.5 Å². The number of Topliss-reactive ketones (excluding diaryl/α,β-unsaturated/α-hetero) is 1. The number of aryl methyl sites for hydroxylation is 1. The smallest absolute Gasteiger partial charge is 0.307 e. The van der Waals surface area contributed by atoms with Gasteiger partial charge < -0.3 is 5.11 Å². The maximum absolute atomic E-state index is 12.4. The van der Waals surface area contributed by atoms with Gasteiger partial charge in [-0.3, -0.25) is 9.59 Å². The summed E-state index contributed by atoms with van der Waals surface area (Å²) in [6.45, 7) is 1.97. The van der Waals surface area contributed by atoms with Gasteiger partial charge in [-0.2, -0.15) is 0 Å². The first-order chi connectivity index (χ1) is 8.59. The van der Waals surface area contributed by atoms with Crippen molar-refractivity contribution in [2.45, 2.75) is 32.6 Å². The monoisotopic (exact) mass is 246 g/mol. The fraction of sp³-hybridized carbons (Fsp3) is 0.467. The van der Waals surface area contributed by atoms with Crippen LogP contribution in [0.2, 0.25) is 0 Å². The zero-order chi connectivity index (χ0) is 13.1. The Labute approximate surface area is 107 Å². The third kappa shape index (κ3) is 2.61. The number of ketones is 1. The van der Waals surface area contributed by atoms with Gasteiger partial charge in [0.25, 0.3) is 0 Å². The number of carboxylic acid groups (broad SMARTS) is 1. The number of benzene rings is 1. The average molecular weight is 246 g/mol. The van der Waals surface area contributed by atoms with Crippen molar-refractivity contribution in [1.29, 1.82) is 0 Å². The SMILES string of the molecule is Cc1ccc(C(=O)[C@H]2CCCC[C@@H]2C(=O)O)cc1. The Morgan fingerprint density at radius 2 is 1.61 bits per heavy atom. The summed E-state index contributed by atoms with van der Waals surface area (Å²) in [5, 5.41) is 9.20. The molecule has 1 aromatic carbocycles. The van der Waals surface area contributed by atoms with E-state index in [1.807, 2.05) is 19.1 Å². The van der Waals surface area contributed by atoms with Gasteiger partial charge in [0.15, 0.2) is 5.78 Å². The van der Waals surface area contributed by atoms with Gasteiger partial charge in [0.1, 0.15) is 0 Å². The van der Waals surface area contributed by atoms with Crippen LogP contribution in [-0.2, 0) is 4.79 Å². The van der Waals surface area contributed by atoms with Gasteiger partial charge in [0.2, 0.25) is 0 Å². The third-order valence-corrected chi connectivity index (χ3v) is 3.76. The van der Waals surface area contributed by atoms with E-state index in [4.69, 9.17) is 0 Å². The highest BCUT2D eigenvalue weighted by Gasteiger charge is 2.35. The molecule has 1 N–H and O–H groups in total. The first-order valence-electron chi connectivity index (χ1n) is 6.43. The van der Waals surface area contributed by atoms with Crippen molar-refractivity contribution >= 4 is 11.8 Å². The van der Waals surface area contributed by atoms with Gasteiger partial charge in [-0.1, -0.05) is 42.7 Å². The van der Waals surface area contributed by atoms with E-state index < -0.39 is 11.9 Å². The van der Waals surface area contributed by atoms with Crippen molar-refractivity contribution in [3.8, 4) is 0 Å². The molecule has 2 atom stereocenters. The van der Waals surface area contributed by atoms with E-state index in [2.05, 4.69) is 0 Å². The molecular formula is C15H18O3. The summed E-state index contributed by atoms with van der Waals surface area (Å²) in [4.78, 5) is 23.6. The number of aliphatic carboxylic acids is 1. The molecule has 3 nitrogen and oxygen atoms in total. The van der Waals surface area contributed by atoms with Crippen LogP contribution in [-0.4, -0.2) is 16.9 Å². The molecular weight excluding hydrogens is 228 g/mol. The Morgan fingerprint density at radius 1 is 1.06 bits per heavy atom. The van der Waals surface area contributed by atoms with Gasteiger partial charge >= 0.3 is 5.97 Å². The van der Waals surface area contributed by atoms with E-state index >= 15 is 0 Å². The maximum atomic E-state index is 12.4. The molecule has 18 heavy (non-hydrogen) atoms. The van der Waals surface area contributed by atoms with Crippen molar-refractivity contribution in [2.24, 2.45) is 11.8 Å². The van der Waals surface area contributed by atoms with Crippen LogP contribution in [0.25, 0.3) is 0 Å². The van der Waals surface area contributed by atoms with E-state index in [9.17, 15) is 14.7 Å². The molecule has 2 rings (SSSR count). The highest BCUT2D eigenvalue weighted by Crippen LogP contribution is 2.32.